The number of aromatic amines is 1. The number of carbonyl (C=O) groups is 1. The lowest BCUT2D eigenvalue weighted by Gasteiger charge is -2.10. The first-order chi connectivity index (χ1) is 16.1. The molecule has 164 valence electrons. The third-order valence-corrected chi connectivity index (χ3v) is 5.17. The molecule has 0 bridgehead atoms. The summed E-state index contributed by atoms with van der Waals surface area (Å²) < 4.78 is 12.8. The fourth-order valence-electron chi connectivity index (χ4n) is 3.52. The number of fused-ring (bicyclic) bond motifs is 1. The standard InChI is InChI=1S/C26H22N4O3/c1-30-23-9-5-3-7-21(23)29-26(30)19(16-27)15-18-11-13-20(14-12-18)33-17-25(31)28-22-8-4-6-10-24(22)32-2/h3-15H,17H2,1-2H3,(H,28,31)/p+1. The number of nitrogens with one attached hydrogen (secondary N) is 2. The normalized spacial score (nSPS) is 11.1. The molecule has 7 nitrogen and oxygen atoms in total. The number of carbonyl (C=O) groups excluding carboxylic acids is 1. The number of nitrogens with zero attached hydrogens (tertiary/aromatic N) is 2. The summed E-state index contributed by atoms with van der Waals surface area (Å²) in [6.07, 6.45) is 1.81. The van der Waals surface area contributed by atoms with Crippen LogP contribution in [0.25, 0.3) is 22.7 Å². The van der Waals surface area contributed by atoms with Crippen molar-refractivity contribution in [3.05, 3.63) is 84.2 Å². The number of para-hydroxylation sites is 4. The van der Waals surface area contributed by atoms with E-state index in [1.165, 1.54) is 0 Å². The van der Waals surface area contributed by atoms with E-state index in [1.807, 2.05) is 66.2 Å². The third-order valence-electron chi connectivity index (χ3n) is 5.17. The number of rotatable bonds is 7. The van der Waals surface area contributed by atoms with Crippen LogP contribution in [-0.2, 0) is 11.8 Å². The van der Waals surface area contributed by atoms with Crippen molar-refractivity contribution in [3.8, 4) is 17.6 Å². The van der Waals surface area contributed by atoms with E-state index < -0.39 is 0 Å². The van der Waals surface area contributed by atoms with Gasteiger partial charge in [-0.15, -0.1) is 0 Å². The highest BCUT2D eigenvalue weighted by Gasteiger charge is 2.19. The Morgan fingerprint density at radius 2 is 1.82 bits per heavy atom. The molecule has 0 saturated carbocycles. The Hall–Kier alpha value is -4.57. The zero-order valence-electron chi connectivity index (χ0n) is 18.3. The largest absolute Gasteiger partial charge is 0.495 e. The van der Waals surface area contributed by atoms with E-state index >= 15 is 0 Å². The molecule has 2 N–H and O–H groups in total. The number of hydrogen-bond donors (Lipinski definition) is 2. The van der Waals surface area contributed by atoms with Crippen LogP contribution in [0.1, 0.15) is 11.4 Å². The van der Waals surface area contributed by atoms with Crippen LogP contribution in [0, 0.1) is 11.3 Å². The van der Waals surface area contributed by atoms with Crippen molar-refractivity contribution in [3.63, 3.8) is 0 Å². The number of nitriles is 1. The number of anilines is 1. The van der Waals surface area contributed by atoms with Crippen LogP contribution in [0.5, 0.6) is 11.5 Å². The van der Waals surface area contributed by atoms with E-state index in [-0.39, 0.29) is 12.5 Å². The summed E-state index contributed by atoms with van der Waals surface area (Å²) >= 11 is 0. The molecular formula is C26H23N4O3+. The van der Waals surface area contributed by atoms with Crippen LogP contribution >= 0.6 is 0 Å². The van der Waals surface area contributed by atoms with E-state index in [4.69, 9.17) is 9.47 Å². The van der Waals surface area contributed by atoms with Crippen LogP contribution in [0.3, 0.4) is 0 Å². The van der Waals surface area contributed by atoms with Crippen molar-refractivity contribution < 1.29 is 18.8 Å². The zero-order valence-corrected chi connectivity index (χ0v) is 18.3. The minimum Gasteiger partial charge on any atom is -0.495 e. The van der Waals surface area contributed by atoms with Crippen molar-refractivity contribution in [2.24, 2.45) is 7.05 Å². The molecule has 3 aromatic carbocycles. The fourth-order valence-corrected chi connectivity index (χ4v) is 3.52. The number of aromatic nitrogens is 2. The van der Waals surface area contributed by atoms with Crippen molar-refractivity contribution >= 4 is 34.3 Å². The van der Waals surface area contributed by atoms with Gasteiger partial charge < -0.3 is 14.8 Å². The lowest BCUT2D eigenvalue weighted by Crippen LogP contribution is -2.31. The molecule has 7 heteroatoms. The molecule has 0 unspecified atom stereocenters. The average Bonchev–Trinajstić information content (AvgIpc) is 3.18. The maximum absolute atomic E-state index is 12.2. The summed E-state index contributed by atoms with van der Waals surface area (Å²) in [5, 5.41) is 12.5. The summed E-state index contributed by atoms with van der Waals surface area (Å²) in [5.74, 6) is 1.57. The topological polar surface area (TPSA) is 91.0 Å². The summed E-state index contributed by atoms with van der Waals surface area (Å²) in [7, 11) is 3.47. The minimum absolute atomic E-state index is 0.137. The predicted octanol–water partition coefficient (Wildman–Crippen LogP) is 4.08. The Kier molecular flexibility index (Phi) is 6.37. The van der Waals surface area contributed by atoms with Crippen molar-refractivity contribution in [1.82, 2.24) is 4.98 Å². The van der Waals surface area contributed by atoms with E-state index in [1.54, 1.807) is 31.4 Å². The predicted molar refractivity (Wildman–Crippen MR) is 127 cm³/mol. The number of allylic oxidation sites excluding steroid dienone is 1. The molecular weight excluding hydrogens is 416 g/mol. The number of imidazole rings is 1. The molecule has 0 aliphatic carbocycles. The first-order valence-corrected chi connectivity index (χ1v) is 10.3. The maximum atomic E-state index is 12.2. The molecule has 4 rings (SSSR count). The highest BCUT2D eigenvalue weighted by Crippen LogP contribution is 2.23. The smallest absolute Gasteiger partial charge is 0.298 e. The summed E-state index contributed by atoms with van der Waals surface area (Å²) in [4.78, 5) is 15.5. The average molecular weight is 439 g/mol. The van der Waals surface area contributed by atoms with Gasteiger partial charge in [-0.3, -0.25) is 4.79 Å². The van der Waals surface area contributed by atoms with Gasteiger partial charge >= 0.3 is 0 Å². The molecule has 1 amide bonds. The van der Waals surface area contributed by atoms with Crippen molar-refractivity contribution in [1.29, 1.82) is 5.26 Å². The Morgan fingerprint density at radius 3 is 2.55 bits per heavy atom. The second-order valence-corrected chi connectivity index (χ2v) is 7.33. The highest BCUT2D eigenvalue weighted by atomic mass is 16.5. The number of amides is 1. The Morgan fingerprint density at radius 1 is 1.09 bits per heavy atom. The number of hydrogen-bond acceptors (Lipinski definition) is 4. The van der Waals surface area contributed by atoms with Crippen LogP contribution in [0.2, 0.25) is 0 Å². The van der Waals surface area contributed by atoms with Crippen LogP contribution in [0.4, 0.5) is 5.69 Å². The fraction of sp³-hybridized carbons (Fsp3) is 0.115. The van der Waals surface area contributed by atoms with Crippen LogP contribution in [0.15, 0.2) is 72.8 Å². The lowest BCUT2D eigenvalue weighted by molar-refractivity contribution is -0.646. The van der Waals surface area contributed by atoms with Gasteiger partial charge in [-0.1, -0.05) is 36.4 Å². The number of aryl methyl sites for hydroxylation is 1. The van der Waals surface area contributed by atoms with Crippen molar-refractivity contribution in [2.45, 2.75) is 0 Å². The second-order valence-electron chi connectivity index (χ2n) is 7.33. The molecule has 1 aromatic heterocycles. The summed E-state index contributed by atoms with van der Waals surface area (Å²) in [6, 6.07) is 24.6. The number of ether oxygens (including phenoxy) is 2. The van der Waals surface area contributed by atoms with Crippen LogP contribution in [-0.4, -0.2) is 24.6 Å². The van der Waals surface area contributed by atoms with Gasteiger partial charge in [0.25, 0.3) is 11.7 Å². The Bertz CT molecular complexity index is 1360. The third kappa shape index (κ3) is 4.86. The molecule has 0 fully saturated rings. The number of H-pyrrole nitrogens is 1. The quantitative estimate of drug-likeness (QED) is 0.335. The monoisotopic (exact) mass is 439 g/mol. The second kappa shape index (κ2) is 9.71. The molecule has 0 radical (unpaired) electrons. The summed E-state index contributed by atoms with van der Waals surface area (Å²) in [6.45, 7) is -0.137. The molecule has 0 aliphatic heterocycles. The first-order valence-electron chi connectivity index (χ1n) is 10.3. The zero-order chi connectivity index (χ0) is 23.2. The molecule has 1 heterocycles. The van der Waals surface area contributed by atoms with Gasteiger partial charge in [0.2, 0.25) is 0 Å². The van der Waals surface area contributed by atoms with Crippen molar-refractivity contribution in [2.75, 3.05) is 19.0 Å². The van der Waals surface area contributed by atoms with E-state index in [9.17, 15) is 10.1 Å². The van der Waals surface area contributed by atoms with Crippen LogP contribution < -0.4 is 19.4 Å². The number of benzene rings is 3. The van der Waals surface area contributed by atoms with Gasteiger partial charge in [-0.2, -0.15) is 5.26 Å². The summed E-state index contributed by atoms with van der Waals surface area (Å²) in [5.41, 5.74) is 3.92. The van der Waals surface area contributed by atoms with Gasteiger partial charge in [0.05, 0.1) is 19.8 Å². The lowest BCUT2D eigenvalue weighted by atomic mass is 10.1. The van der Waals surface area contributed by atoms with Gasteiger partial charge in [0, 0.05) is 0 Å². The van der Waals surface area contributed by atoms with E-state index in [2.05, 4.69) is 16.4 Å². The maximum Gasteiger partial charge on any atom is 0.298 e. The SMILES string of the molecule is COc1ccccc1NC(=O)COc1ccc(C=C(C#N)c2[nH]c3ccccc3[n+]2C)cc1. The van der Waals surface area contributed by atoms with Gasteiger partial charge in [0.15, 0.2) is 17.6 Å². The molecule has 0 saturated heterocycles. The minimum atomic E-state index is -0.290. The van der Waals surface area contributed by atoms with Gasteiger partial charge in [-0.05, 0) is 48.0 Å². The molecule has 33 heavy (non-hydrogen) atoms. The highest BCUT2D eigenvalue weighted by molar-refractivity contribution is 5.93. The number of methoxy groups -OCH3 is 1. The van der Waals surface area contributed by atoms with E-state index in [0.29, 0.717) is 22.8 Å². The van der Waals surface area contributed by atoms with Gasteiger partial charge in [0.1, 0.15) is 23.1 Å². The molecule has 0 aliphatic rings. The Labute approximate surface area is 191 Å². The Balaban J connectivity index is 1.43. The van der Waals surface area contributed by atoms with E-state index in [0.717, 1.165) is 22.4 Å². The molecule has 0 spiro atoms. The van der Waals surface area contributed by atoms with Gasteiger partial charge in [-0.25, -0.2) is 9.55 Å². The first kappa shape index (κ1) is 21.7. The molecule has 4 aromatic rings. The molecule has 0 atom stereocenters.